The lowest BCUT2D eigenvalue weighted by Crippen LogP contribution is -2.41. The molecule has 0 heterocycles. The molecule has 0 bridgehead atoms. The highest BCUT2D eigenvalue weighted by molar-refractivity contribution is 6.30. The van der Waals surface area contributed by atoms with Crippen LogP contribution in [0.3, 0.4) is 0 Å². The van der Waals surface area contributed by atoms with E-state index >= 15 is 0 Å². The number of amides is 1. The fourth-order valence-electron chi connectivity index (χ4n) is 1.60. The van der Waals surface area contributed by atoms with Crippen molar-refractivity contribution in [2.24, 2.45) is 0 Å². The average Bonchev–Trinajstić information content (AvgIpc) is 2.50. The number of esters is 2. The Bertz CT molecular complexity index is 515. The van der Waals surface area contributed by atoms with Gasteiger partial charge in [-0.15, -0.1) is 0 Å². The Balaban J connectivity index is 2.71. The second-order valence-electron chi connectivity index (χ2n) is 4.17. The Labute approximate surface area is 127 Å². The number of carbonyl (C=O) groups excluding carboxylic acids is 3. The highest BCUT2D eigenvalue weighted by Crippen LogP contribution is 2.10. The van der Waals surface area contributed by atoms with Crippen LogP contribution in [0.4, 0.5) is 0 Å². The fraction of sp³-hybridized carbons (Fsp3) is 0.357. The van der Waals surface area contributed by atoms with Gasteiger partial charge >= 0.3 is 11.9 Å². The third kappa shape index (κ3) is 5.43. The SMILES string of the molecule is COC(=O)CCC(NC(=O)c1ccc(Cl)cc1)C(=O)OC. The van der Waals surface area contributed by atoms with Crippen LogP contribution in [0.5, 0.6) is 0 Å². The van der Waals surface area contributed by atoms with Crippen LogP contribution in [-0.2, 0) is 19.1 Å². The minimum absolute atomic E-state index is 0.00281. The first-order chi connectivity index (χ1) is 9.97. The van der Waals surface area contributed by atoms with Gasteiger partial charge in [0.05, 0.1) is 14.2 Å². The topological polar surface area (TPSA) is 81.7 Å². The van der Waals surface area contributed by atoms with Crippen LogP contribution in [-0.4, -0.2) is 38.1 Å². The summed E-state index contributed by atoms with van der Waals surface area (Å²) in [5, 5.41) is 3.02. The summed E-state index contributed by atoms with van der Waals surface area (Å²) in [6.45, 7) is 0. The van der Waals surface area contributed by atoms with Gasteiger partial charge in [-0.05, 0) is 30.7 Å². The van der Waals surface area contributed by atoms with Gasteiger partial charge in [-0.3, -0.25) is 9.59 Å². The van der Waals surface area contributed by atoms with E-state index in [0.717, 1.165) is 0 Å². The number of hydrogen-bond acceptors (Lipinski definition) is 5. The van der Waals surface area contributed by atoms with Crippen molar-refractivity contribution in [2.75, 3.05) is 14.2 Å². The second kappa shape index (κ2) is 8.26. The van der Waals surface area contributed by atoms with Gasteiger partial charge in [0, 0.05) is 17.0 Å². The highest BCUT2D eigenvalue weighted by atomic mass is 35.5. The monoisotopic (exact) mass is 313 g/mol. The zero-order chi connectivity index (χ0) is 15.8. The number of ether oxygens (including phenoxy) is 2. The number of nitrogens with one attached hydrogen (secondary N) is 1. The first kappa shape index (κ1) is 17.0. The van der Waals surface area contributed by atoms with E-state index in [0.29, 0.717) is 10.6 Å². The van der Waals surface area contributed by atoms with Gasteiger partial charge in [0.15, 0.2) is 0 Å². The zero-order valence-corrected chi connectivity index (χ0v) is 12.5. The van der Waals surface area contributed by atoms with E-state index in [1.54, 1.807) is 12.1 Å². The van der Waals surface area contributed by atoms with Gasteiger partial charge < -0.3 is 14.8 Å². The first-order valence-electron chi connectivity index (χ1n) is 6.19. The highest BCUT2D eigenvalue weighted by Gasteiger charge is 2.23. The van der Waals surface area contributed by atoms with E-state index in [1.165, 1.54) is 26.4 Å². The molecular formula is C14H16ClNO5. The quantitative estimate of drug-likeness (QED) is 0.806. The van der Waals surface area contributed by atoms with Crippen molar-refractivity contribution in [2.45, 2.75) is 18.9 Å². The van der Waals surface area contributed by atoms with Crippen LogP contribution in [0.1, 0.15) is 23.2 Å². The smallest absolute Gasteiger partial charge is 0.328 e. The molecule has 0 saturated carbocycles. The molecule has 0 aromatic heterocycles. The fourth-order valence-corrected chi connectivity index (χ4v) is 1.72. The standard InChI is InChI=1S/C14H16ClNO5/c1-20-12(17)8-7-11(14(19)21-2)16-13(18)9-3-5-10(15)6-4-9/h3-6,11H,7-8H2,1-2H3,(H,16,18). The summed E-state index contributed by atoms with van der Waals surface area (Å²) in [5.74, 6) is -1.54. The molecule has 0 saturated heterocycles. The van der Waals surface area contributed by atoms with E-state index in [1.807, 2.05) is 0 Å². The Hall–Kier alpha value is -2.08. The maximum atomic E-state index is 12.0. The van der Waals surface area contributed by atoms with E-state index in [4.69, 9.17) is 11.6 Å². The van der Waals surface area contributed by atoms with Crippen LogP contribution < -0.4 is 5.32 Å². The molecule has 0 aliphatic rings. The molecule has 0 aliphatic heterocycles. The minimum Gasteiger partial charge on any atom is -0.469 e. The molecular weight excluding hydrogens is 298 g/mol. The van der Waals surface area contributed by atoms with Gasteiger partial charge in [-0.25, -0.2) is 4.79 Å². The summed E-state index contributed by atoms with van der Waals surface area (Å²) in [6, 6.07) is 5.28. The zero-order valence-electron chi connectivity index (χ0n) is 11.7. The molecule has 1 N–H and O–H groups in total. The Morgan fingerprint density at radius 2 is 1.76 bits per heavy atom. The molecule has 1 aromatic rings. The van der Waals surface area contributed by atoms with E-state index in [-0.39, 0.29) is 12.8 Å². The number of rotatable bonds is 6. The second-order valence-corrected chi connectivity index (χ2v) is 4.61. The molecule has 6 nitrogen and oxygen atoms in total. The predicted octanol–water partition coefficient (Wildman–Crippen LogP) is 1.56. The van der Waals surface area contributed by atoms with Crippen molar-refractivity contribution < 1.29 is 23.9 Å². The maximum absolute atomic E-state index is 12.0. The van der Waals surface area contributed by atoms with Crippen LogP contribution in [0.2, 0.25) is 5.02 Å². The molecule has 1 rings (SSSR count). The molecule has 21 heavy (non-hydrogen) atoms. The van der Waals surface area contributed by atoms with Crippen LogP contribution >= 0.6 is 11.6 Å². The molecule has 1 unspecified atom stereocenters. The Morgan fingerprint density at radius 3 is 2.29 bits per heavy atom. The summed E-state index contributed by atoms with van der Waals surface area (Å²) < 4.78 is 9.11. The molecule has 0 aliphatic carbocycles. The molecule has 1 atom stereocenters. The third-order valence-corrected chi connectivity index (χ3v) is 3.01. The number of benzene rings is 1. The maximum Gasteiger partial charge on any atom is 0.328 e. The third-order valence-electron chi connectivity index (χ3n) is 2.76. The van der Waals surface area contributed by atoms with Crippen molar-refractivity contribution >= 4 is 29.4 Å². The van der Waals surface area contributed by atoms with Gasteiger partial charge in [-0.2, -0.15) is 0 Å². The molecule has 7 heteroatoms. The lowest BCUT2D eigenvalue weighted by molar-refractivity contribution is -0.144. The van der Waals surface area contributed by atoms with E-state index in [2.05, 4.69) is 14.8 Å². The molecule has 0 fully saturated rings. The normalized spacial score (nSPS) is 11.4. The van der Waals surface area contributed by atoms with E-state index in [9.17, 15) is 14.4 Å². The Kier molecular flexibility index (Phi) is 6.68. The van der Waals surface area contributed by atoms with Crippen LogP contribution in [0.25, 0.3) is 0 Å². The number of halogens is 1. The van der Waals surface area contributed by atoms with Crippen LogP contribution in [0.15, 0.2) is 24.3 Å². The number of methoxy groups -OCH3 is 2. The number of carbonyl (C=O) groups is 3. The minimum atomic E-state index is -0.919. The lowest BCUT2D eigenvalue weighted by Gasteiger charge is -2.16. The van der Waals surface area contributed by atoms with E-state index < -0.39 is 23.9 Å². The summed E-state index contributed by atoms with van der Waals surface area (Å²) in [4.78, 5) is 34.8. The molecule has 0 radical (unpaired) electrons. The first-order valence-corrected chi connectivity index (χ1v) is 6.56. The summed E-state index contributed by atoms with van der Waals surface area (Å²) in [7, 11) is 2.46. The molecule has 114 valence electrons. The van der Waals surface area contributed by atoms with Crippen molar-refractivity contribution in [3.05, 3.63) is 34.9 Å². The Morgan fingerprint density at radius 1 is 1.14 bits per heavy atom. The summed E-state index contributed by atoms with van der Waals surface area (Å²) in [6.07, 6.45) is 0.0931. The molecule has 1 aromatic carbocycles. The predicted molar refractivity (Wildman–Crippen MR) is 76.0 cm³/mol. The molecule has 0 spiro atoms. The van der Waals surface area contributed by atoms with Gasteiger partial charge in [-0.1, -0.05) is 11.6 Å². The van der Waals surface area contributed by atoms with Crippen molar-refractivity contribution in [1.29, 1.82) is 0 Å². The van der Waals surface area contributed by atoms with Gasteiger partial charge in [0.25, 0.3) is 5.91 Å². The number of hydrogen-bond donors (Lipinski definition) is 1. The van der Waals surface area contributed by atoms with Gasteiger partial charge in [0.2, 0.25) is 0 Å². The summed E-state index contributed by atoms with van der Waals surface area (Å²) in [5.41, 5.74) is 0.353. The van der Waals surface area contributed by atoms with Crippen molar-refractivity contribution in [1.82, 2.24) is 5.32 Å². The summed E-state index contributed by atoms with van der Waals surface area (Å²) >= 11 is 5.74. The van der Waals surface area contributed by atoms with Crippen LogP contribution in [0, 0.1) is 0 Å². The molecule has 1 amide bonds. The van der Waals surface area contributed by atoms with Crippen molar-refractivity contribution in [3.63, 3.8) is 0 Å². The average molecular weight is 314 g/mol. The largest absolute Gasteiger partial charge is 0.469 e. The van der Waals surface area contributed by atoms with Crippen molar-refractivity contribution in [3.8, 4) is 0 Å². The lowest BCUT2D eigenvalue weighted by atomic mass is 10.1. The van der Waals surface area contributed by atoms with Gasteiger partial charge in [0.1, 0.15) is 6.04 Å².